The lowest BCUT2D eigenvalue weighted by atomic mass is 10.0. The highest BCUT2D eigenvalue weighted by atomic mass is 31.2. The summed E-state index contributed by atoms with van der Waals surface area (Å²) in [5.41, 5.74) is 0. The van der Waals surface area contributed by atoms with Gasteiger partial charge < -0.3 is 19.8 Å². The van der Waals surface area contributed by atoms with Gasteiger partial charge in [0.25, 0.3) is 0 Å². The Balaban J connectivity index is 4.10. The number of rotatable bonds is 58. The fourth-order valence-electron chi connectivity index (χ4n) is 9.35. The Bertz CT molecular complexity index is 1330. The summed E-state index contributed by atoms with van der Waals surface area (Å²) >= 11 is 0. The molecule has 3 atom stereocenters. The zero-order valence-corrected chi connectivity index (χ0v) is 50.0. The van der Waals surface area contributed by atoms with Crippen molar-refractivity contribution in [2.45, 2.75) is 315 Å². The van der Waals surface area contributed by atoms with E-state index in [-0.39, 0.29) is 19.1 Å². The molecule has 0 aromatic heterocycles. The second kappa shape index (κ2) is 55.2. The van der Waals surface area contributed by atoms with Crippen LogP contribution in [0, 0.1) is 0 Å². The molecule has 0 fully saturated rings. The van der Waals surface area contributed by atoms with Crippen LogP contribution in [0.5, 0.6) is 0 Å². The smallest absolute Gasteiger partial charge is 0.387 e. The Labute approximate surface area is 454 Å². The van der Waals surface area contributed by atoms with Crippen LogP contribution in [0.1, 0.15) is 303 Å². The molecule has 0 saturated heterocycles. The van der Waals surface area contributed by atoms with Gasteiger partial charge in [0.05, 0.1) is 39.9 Å². The second-order valence-corrected chi connectivity index (χ2v) is 24.2. The number of carbonyl (C=O) groups excluding carboxylic acids is 1. The van der Waals surface area contributed by atoms with Gasteiger partial charge in [0.1, 0.15) is 13.2 Å². The molecule has 3 N–H and O–H groups in total. The molecule has 1 amide bonds. The summed E-state index contributed by atoms with van der Waals surface area (Å²) < 4.78 is 23.8. The number of nitrogens with zero attached hydrogens (tertiary/aromatic N) is 1. The Hall–Kier alpha value is -1.54. The number of phosphoric ester groups is 1. The van der Waals surface area contributed by atoms with Crippen LogP contribution >= 0.6 is 7.82 Å². The van der Waals surface area contributed by atoms with Gasteiger partial charge in [-0.2, -0.15) is 0 Å². The predicted octanol–water partition coefficient (Wildman–Crippen LogP) is 19.5. The molecule has 0 radical (unpaired) electrons. The van der Waals surface area contributed by atoms with Gasteiger partial charge in [0.15, 0.2) is 0 Å². The molecule has 0 aromatic rings. The molecule has 0 aliphatic carbocycles. The van der Waals surface area contributed by atoms with Crippen molar-refractivity contribution in [1.82, 2.24) is 5.32 Å². The van der Waals surface area contributed by atoms with Gasteiger partial charge in [0.2, 0.25) is 5.91 Å². The molecule has 430 valence electrons. The predicted molar refractivity (Wildman–Crippen MR) is 318 cm³/mol. The van der Waals surface area contributed by atoms with E-state index in [9.17, 15) is 19.4 Å². The largest absolute Gasteiger partial charge is 0.472 e. The van der Waals surface area contributed by atoms with Crippen LogP contribution in [-0.4, -0.2) is 73.4 Å². The lowest BCUT2D eigenvalue weighted by molar-refractivity contribution is -0.870. The number of unbranched alkanes of at least 4 members (excludes halogenated alkanes) is 39. The van der Waals surface area contributed by atoms with Gasteiger partial charge in [-0.1, -0.05) is 287 Å². The minimum absolute atomic E-state index is 0.0620. The van der Waals surface area contributed by atoms with Crippen molar-refractivity contribution in [3.63, 3.8) is 0 Å². The van der Waals surface area contributed by atoms with Crippen molar-refractivity contribution in [2.75, 3.05) is 40.9 Å². The van der Waals surface area contributed by atoms with E-state index < -0.39 is 20.0 Å². The first kappa shape index (κ1) is 71.5. The normalized spacial score (nSPS) is 14.1. The summed E-state index contributed by atoms with van der Waals surface area (Å²) in [7, 11) is 1.58. The standard InChI is InChI=1S/C64H123N2O6P/c1-6-8-10-12-14-16-18-20-22-24-26-28-29-30-31-32-33-34-35-36-37-38-40-42-44-46-48-50-52-54-56-58-64(68)65-62(61-72-73(69,70)71-60-59-66(3,4)5)63(67)57-55-53-51-49-47-45-43-41-39-27-25-23-21-19-17-15-13-11-9-7-2/h18,20,24,26,29-30,55,57,62-63,67H,6-17,19,21-23,25,27-28,31-54,56,58-61H2,1-5H3,(H-,65,68,69,70)/p+1/b20-18-,26-24-,30-29-,57-55+. The number of quaternary nitrogens is 1. The second-order valence-electron chi connectivity index (χ2n) is 22.8. The number of aliphatic hydroxyl groups is 1. The van der Waals surface area contributed by atoms with Crippen LogP contribution in [0.4, 0.5) is 0 Å². The summed E-state index contributed by atoms with van der Waals surface area (Å²) in [6.45, 7) is 4.84. The Morgan fingerprint density at radius 2 is 0.781 bits per heavy atom. The minimum Gasteiger partial charge on any atom is -0.387 e. The maximum absolute atomic E-state index is 13.0. The Morgan fingerprint density at radius 3 is 1.14 bits per heavy atom. The molecule has 0 rings (SSSR count). The molecule has 0 spiro atoms. The fraction of sp³-hybridized carbons (Fsp3) is 0.859. The first-order chi connectivity index (χ1) is 35.5. The van der Waals surface area contributed by atoms with Crippen LogP contribution in [-0.2, 0) is 18.4 Å². The van der Waals surface area contributed by atoms with E-state index in [1.54, 1.807) is 6.08 Å². The fourth-order valence-corrected chi connectivity index (χ4v) is 10.1. The van der Waals surface area contributed by atoms with Gasteiger partial charge >= 0.3 is 7.82 Å². The number of phosphoric acid groups is 1. The highest BCUT2D eigenvalue weighted by Gasteiger charge is 2.27. The third-order valence-electron chi connectivity index (χ3n) is 14.3. The van der Waals surface area contributed by atoms with E-state index in [1.165, 1.54) is 231 Å². The lowest BCUT2D eigenvalue weighted by Crippen LogP contribution is -2.45. The van der Waals surface area contributed by atoms with Crippen LogP contribution in [0.15, 0.2) is 48.6 Å². The maximum atomic E-state index is 13.0. The minimum atomic E-state index is -4.35. The molecule has 8 nitrogen and oxygen atoms in total. The number of nitrogens with one attached hydrogen (secondary N) is 1. The molecule has 73 heavy (non-hydrogen) atoms. The number of hydrogen-bond donors (Lipinski definition) is 3. The topological polar surface area (TPSA) is 105 Å². The van der Waals surface area contributed by atoms with E-state index in [1.807, 2.05) is 27.2 Å². The number of likely N-dealkylation sites (N-methyl/N-ethyl adjacent to an activating group) is 1. The average molecular weight is 1050 g/mol. The van der Waals surface area contributed by atoms with Crippen LogP contribution in [0.3, 0.4) is 0 Å². The highest BCUT2D eigenvalue weighted by Crippen LogP contribution is 2.43. The first-order valence-electron chi connectivity index (χ1n) is 31.5. The monoisotopic (exact) mass is 1050 g/mol. The zero-order valence-electron chi connectivity index (χ0n) is 49.1. The maximum Gasteiger partial charge on any atom is 0.472 e. The van der Waals surface area contributed by atoms with Crippen molar-refractivity contribution in [1.29, 1.82) is 0 Å². The van der Waals surface area contributed by atoms with E-state index >= 15 is 0 Å². The SMILES string of the molecule is CCCCCCC/C=C\C/C=C\C/C=C\CCCCCCCCCCCCCCCCCCC(=O)NC(COP(=O)(O)OCC[N+](C)(C)C)C(O)/C=C/CCCCCCCCCCCCCCCCCCCC. The summed E-state index contributed by atoms with van der Waals surface area (Å²) in [6, 6.07) is -0.847. The van der Waals surface area contributed by atoms with Gasteiger partial charge in [-0.15, -0.1) is 0 Å². The van der Waals surface area contributed by atoms with Gasteiger partial charge in [-0.25, -0.2) is 4.57 Å². The lowest BCUT2D eigenvalue weighted by Gasteiger charge is -2.25. The molecule has 0 aliphatic heterocycles. The van der Waals surface area contributed by atoms with Gasteiger partial charge in [-0.3, -0.25) is 13.8 Å². The summed E-state index contributed by atoms with van der Waals surface area (Å²) in [5, 5.41) is 14.0. The van der Waals surface area contributed by atoms with Crippen LogP contribution < -0.4 is 5.32 Å². The van der Waals surface area contributed by atoms with E-state index in [2.05, 4.69) is 55.6 Å². The zero-order chi connectivity index (χ0) is 53.5. The molecule has 0 aromatic carbocycles. The molecular formula is C64H124N2O6P+. The summed E-state index contributed by atoms with van der Waals surface area (Å²) in [6.07, 6.45) is 73.7. The van der Waals surface area contributed by atoms with Crippen LogP contribution in [0.2, 0.25) is 0 Å². The van der Waals surface area contributed by atoms with Crippen LogP contribution in [0.25, 0.3) is 0 Å². The van der Waals surface area contributed by atoms with Crippen molar-refractivity contribution >= 4 is 13.7 Å². The number of hydrogen-bond acceptors (Lipinski definition) is 5. The van der Waals surface area contributed by atoms with Crippen molar-refractivity contribution in [3.8, 4) is 0 Å². The molecule has 0 bridgehead atoms. The third kappa shape index (κ3) is 58.0. The molecular weight excluding hydrogens is 924 g/mol. The summed E-state index contributed by atoms with van der Waals surface area (Å²) in [4.78, 5) is 23.4. The van der Waals surface area contributed by atoms with Crippen molar-refractivity contribution < 1.29 is 32.9 Å². The Morgan fingerprint density at radius 1 is 0.466 bits per heavy atom. The van der Waals surface area contributed by atoms with Crippen molar-refractivity contribution in [3.05, 3.63) is 48.6 Å². The third-order valence-corrected chi connectivity index (χ3v) is 15.3. The number of allylic oxidation sites excluding steroid dienone is 7. The van der Waals surface area contributed by atoms with E-state index in [0.29, 0.717) is 17.4 Å². The first-order valence-corrected chi connectivity index (χ1v) is 33.0. The quantitative estimate of drug-likeness (QED) is 0.0243. The molecule has 0 saturated carbocycles. The highest BCUT2D eigenvalue weighted by molar-refractivity contribution is 7.47. The number of amides is 1. The summed E-state index contributed by atoms with van der Waals surface area (Å²) in [5.74, 6) is -0.174. The molecule has 3 unspecified atom stereocenters. The molecule has 9 heteroatoms. The molecule has 0 heterocycles. The Kier molecular flexibility index (Phi) is 54.1. The molecule has 0 aliphatic rings. The number of aliphatic hydroxyl groups excluding tert-OH is 1. The number of carbonyl (C=O) groups is 1. The van der Waals surface area contributed by atoms with Gasteiger partial charge in [-0.05, 0) is 57.8 Å². The van der Waals surface area contributed by atoms with E-state index in [4.69, 9.17) is 9.05 Å². The van der Waals surface area contributed by atoms with E-state index in [0.717, 1.165) is 51.4 Å². The average Bonchev–Trinajstić information content (AvgIpc) is 3.35. The van der Waals surface area contributed by atoms with Crippen molar-refractivity contribution in [2.24, 2.45) is 0 Å². The van der Waals surface area contributed by atoms with Gasteiger partial charge in [0, 0.05) is 6.42 Å².